The first-order chi connectivity index (χ1) is 12.1. The first-order valence-corrected chi connectivity index (χ1v) is 8.70. The van der Waals surface area contributed by atoms with Crippen molar-refractivity contribution in [2.75, 3.05) is 25.9 Å². The lowest BCUT2D eigenvalue weighted by Gasteiger charge is -2.36. The van der Waals surface area contributed by atoms with E-state index in [9.17, 15) is 4.79 Å². The Morgan fingerprint density at radius 3 is 2.44 bits per heavy atom. The van der Waals surface area contributed by atoms with E-state index < -0.39 is 0 Å². The molecule has 7 nitrogen and oxygen atoms in total. The van der Waals surface area contributed by atoms with E-state index in [-0.39, 0.29) is 12.0 Å². The maximum Gasteiger partial charge on any atom is 0.409 e. The highest BCUT2D eigenvalue weighted by molar-refractivity contribution is 5.68. The van der Waals surface area contributed by atoms with Crippen molar-refractivity contribution >= 4 is 11.8 Å². The molecular formula is C18H29N5O2. The van der Waals surface area contributed by atoms with E-state index in [2.05, 4.69) is 14.9 Å². The number of amides is 1. The normalized spacial score (nSPS) is 13.0. The van der Waals surface area contributed by atoms with Crippen LogP contribution in [0.2, 0.25) is 0 Å². The number of anilines is 1. The average molecular weight is 347 g/mol. The quantitative estimate of drug-likeness (QED) is 0.842. The fourth-order valence-electron chi connectivity index (χ4n) is 2.28. The molecule has 0 radical (unpaired) electrons. The van der Waals surface area contributed by atoms with Crippen LogP contribution in [0.25, 0.3) is 5.69 Å². The molecule has 0 saturated carbocycles. The van der Waals surface area contributed by atoms with Gasteiger partial charge in [-0.05, 0) is 24.6 Å². The van der Waals surface area contributed by atoms with Gasteiger partial charge in [0.15, 0.2) is 0 Å². The molecule has 0 spiro atoms. The first kappa shape index (κ1) is 20.5. The number of carbonyl (C=O) groups is 1. The second kappa shape index (κ2) is 9.66. The molecule has 2 aromatic rings. The number of methoxy groups -OCH3 is 1. The van der Waals surface area contributed by atoms with Crippen LogP contribution in [-0.2, 0) is 4.74 Å². The summed E-state index contributed by atoms with van der Waals surface area (Å²) < 4.78 is 4.67. The number of benzene rings is 1. The van der Waals surface area contributed by atoms with Crippen LogP contribution in [0.15, 0.2) is 24.4 Å². The molecule has 1 saturated heterocycles. The van der Waals surface area contributed by atoms with Gasteiger partial charge in [0.05, 0.1) is 24.7 Å². The van der Waals surface area contributed by atoms with Crippen molar-refractivity contribution in [3.8, 4) is 5.69 Å². The van der Waals surface area contributed by atoms with Crippen molar-refractivity contribution in [2.45, 2.75) is 40.5 Å². The number of carbonyl (C=O) groups excluding carboxylic acids is 1. The molecule has 0 unspecified atom stereocenters. The number of aromatic nitrogens is 3. The van der Waals surface area contributed by atoms with E-state index in [1.165, 1.54) is 7.11 Å². The second-order valence-corrected chi connectivity index (χ2v) is 5.17. The van der Waals surface area contributed by atoms with Gasteiger partial charge in [-0.3, -0.25) is 0 Å². The van der Waals surface area contributed by atoms with E-state index in [1.807, 2.05) is 52.8 Å². The summed E-state index contributed by atoms with van der Waals surface area (Å²) in [5.41, 5.74) is 9.34. The number of nitrogen functional groups attached to an aromatic ring is 1. The maximum atomic E-state index is 11.3. The summed E-state index contributed by atoms with van der Waals surface area (Å²) in [7, 11) is 1.38. The number of ether oxygens (including phenoxy) is 1. The Balaban J connectivity index is 0.000000730. The van der Waals surface area contributed by atoms with Gasteiger partial charge in [-0.25, -0.2) is 4.79 Å². The molecule has 1 aliphatic rings. The lowest BCUT2D eigenvalue weighted by atomic mass is 9.98. The van der Waals surface area contributed by atoms with Crippen molar-refractivity contribution in [1.29, 1.82) is 0 Å². The van der Waals surface area contributed by atoms with Gasteiger partial charge in [-0.2, -0.15) is 15.0 Å². The highest BCUT2D eigenvalue weighted by Crippen LogP contribution is 2.26. The summed E-state index contributed by atoms with van der Waals surface area (Å²) in [4.78, 5) is 14.5. The summed E-state index contributed by atoms with van der Waals surface area (Å²) >= 11 is 0. The van der Waals surface area contributed by atoms with Gasteiger partial charge in [0.25, 0.3) is 0 Å². The predicted molar refractivity (Wildman–Crippen MR) is 99.9 cm³/mol. The summed E-state index contributed by atoms with van der Waals surface area (Å²) in [5, 5.41) is 8.73. The molecule has 25 heavy (non-hydrogen) atoms. The largest absolute Gasteiger partial charge is 0.453 e. The van der Waals surface area contributed by atoms with Crippen LogP contribution in [0, 0.1) is 6.92 Å². The van der Waals surface area contributed by atoms with E-state index in [0.29, 0.717) is 18.8 Å². The van der Waals surface area contributed by atoms with Gasteiger partial charge in [0.1, 0.15) is 0 Å². The Kier molecular flexibility index (Phi) is 7.91. The molecule has 3 rings (SSSR count). The number of hydrogen-bond donors (Lipinski definition) is 1. The number of hydrogen-bond acceptors (Lipinski definition) is 5. The molecule has 138 valence electrons. The number of likely N-dealkylation sites (tertiary alicyclic amines) is 1. The number of nitrogens with zero attached hydrogens (tertiary/aromatic N) is 4. The van der Waals surface area contributed by atoms with E-state index in [1.54, 1.807) is 15.9 Å². The molecular weight excluding hydrogens is 318 g/mol. The lowest BCUT2D eigenvalue weighted by Crippen LogP contribution is -2.48. The Bertz CT molecular complexity index is 678. The Morgan fingerprint density at radius 1 is 1.24 bits per heavy atom. The lowest BCUT2D eigenvalue weighted by molar-refractivity contribution is 0.0872. The first-order valence-electron chi connectivity index (χ1n) is 8.70. The second-order valence-electron chi connectivity index (χ2n) is 5.17. The van der Waals surface area contributed by atoms with Crippen LogP contribution in [0.4, 0.5) is 10.5 Å². The van der Waals surface area contributed by atoms with Crippen molar-refractivity contribution < 1.29 is 9.53 Å². The summed E-state index contributed by atoms with van der Waals surface area (Å²) in [6.07, 6.45) is 1.43. The minimum Gasteiger partial charge on any atom is -0.453 e. The molecule has 2 N–H and O–H groups in total. The average Bonchev–Trinajstić information content (AvgIpc) is 3.09. The monoisotopic (exact) mass is 347 g/mol. The van der Waals surface area contributed by atoms with Crippen LogP contribution in [0.5, 0.6) is 0 Å². The zero-order valence-electron chi connectivity index (χ0n) is 16.0. The van der Waals surface area contributed by atoms with Gasteiger partial charge < -0.3 is 15.4 Å². The Labute approximate surface area is 149 Å². The van der Waals surface area contributed by atoms with Crippen molar-refractivity contribution in [2.24, 2.45) is 0 Å². The molecule has 1 aromatic heterocycles. The van der Waals surface area contributed by atoms with Crippen LogP contribution >= 0.6 is 0 Å². The van der Waals surface area contributed by atoms with Crippen molar-refractivity contribution in [3.05, 3.63) is 35.7 Å². The third kappa shape index (κ3) is 4.71. The fourth-order valence-corrected chi connectivity index (χ4v) is 2.28. The zero-order valence-corrected chi connectivity index (χ0v) is 16.0. The highest BCUT2D eigenvalue weighted by Gasteiger charge is 2.34. The fraction of sp³-hybridized carbons (Fsp3) is 0.500. The van der Waals surface area contributed by atoms with Crippen molar-refractivity contribution in [1.82, 2.24) is 19.9 Å². The molecule has 0 bridgehead atoms. The summed E-state index contributed by atoms with van der Waals surface area (Å²) in [5.74, 6) is 0.209. The Morgan fingerprint density at radius 2 is 1.88 bits per heavy atom. The molecule has 1 amide bonds. The van der Waals surface area contributed by atoms with E-state index in [0.717, 1.165) is 16.9 Å². The molecule has 1 fully saturated rings. The smallest absolute Gasteiger partial charge is 0.409 e. The number of nitrogens with two attached hydrogens (primary N) is 1. The zero-order chi connectivity index (χ0) is 19.0. The highest BCUT2D eigenvalue weighted by atomic mass is 16.5. The van der Waals surface area contributed by atoms with Gasteiger partial charge >= 0.3 is 6.09 Å². The van der Waals surface area contributed by atoms with Crippen LogP contribution in [0.1, 0.15) is 44.9 Å². The van der Waals surface area contributed by atoms with Crippen LogP contribution in [-0.4, -0.2) is 46.2 Å². The number of aryl methyl sites for hydroxylation is 1. The molecule has 0 aliphatic carbocycles. The van der Waals surface area contributed by atoms with Gasteiger partial charge in [-0.1, -0.05) is 33.8 Å². The SMILES string of the molecule is CC.CC.COC(=O)N1CC(c2cnn(-c3ccc(C)c(N)c3)n2)C1. The topological polar surface area (TPSA) is 86.3 Å². The van der Waals surface area contributed by atoms with E-state index in [4.69, 9.17) is 5.73 Å². The minimum atomic E-state index is -0.301. The molecule has 1 aromatic carbocycles. The molecule has 2 heterocycles. The standard InChI is InChI=1S/C14H17N5O2.2C2H6/c1-9-3-4-11(5-12(9)15)19-16-6-13(17-19)10-7-18(8-10)14(20)21-2;2*1-2/h3-6,10H,7-8,15H2,1-2H3;2*1-2H3. The summed E-state index contributed by atoms with van der Waals surface area (Å²) in [6.45, 7) is 11.2. The predicted octanol–water partition coefficient (Wildman–Crippen LogP) is 3.38. The van der Waals surface area contributed by atoms with E-state index >= 15 is 0 Å². The molecule has 0 atom stereocenters. The molecule has 1 aliphatic heterocycles. The van der Waals surface area contributed by atoms with Gasteiger partial charge in [-0.15, -0.1) is 0 Å². The van der Waals surface area contributed by atoms with Crippen LogP contribution < -0.4 is 5.73 Å². The third-order valence-corrected chi connectivity index (χ3v) is 3.74. The Hall–Kier alpha value is -2.57. The summed E-state index contributed by atoms with van der Waals surface area (Å²) in [6, 6.07) is 5.72. The van der Waals surface area contributed by atoms with Crippen LogP contribution in [0.3, 0.4) is 0 Å². The van der Waals surface area contributed by atoms with Gasteiger partial charge in [0.2, 0.25) is 0 Å². The van der Waals surface area contributed by atoms with Crippen molar-refractivity contribution in [3.63, 3.8) is 0 Å². The maximum absolute atomic E-state index is 11.3. The minimum absolute atomic E-state index is 0.209. The number of rotatable bonds is 2. The third-order valence-electron chi connectivity index (χ3n) is 3.74. The van der Waals surface area contributed by atoms with Gasteiger partial charge in [0, 0.05) is 24.7 Å². The molecule has 7 heteroatoms.